The standard InChI is InChI=1S/C30H26Br2N2O6S2/c31-21-5-9-25-23-7-3-19(15-27(23)33(29(25)17-21)11-1-13-41(35,36)37)20-4-8-24-26-10-6-22(32)18-30(26)34(28(24)16-20)12-2-14-42(38,39)40/h3-10,15-18H,1-2,11-14H2,(H,35,36,37)(H,38,39,40). The van der Waals surface area contributed by atoms with E-state index in [0.29, 0.717) is 13.1 Å². The van der Waals surface area contributed by atoms with Crippen molar-refractivity contribution in [3.05, 3.63) is 81.7 Å². The molecule has 0 bridgehead atoms. The van der Waals surface area contributed by atoms with Crippen LogP contribution in [0.25, 0.3) is 54.7 Å². The van der Waals surface area contributed by atoms with Crippen molar-refractivity contribution in [2.24, 2.45) is 0 Å². The van der Waals surface area contributed by atoms with E-state index in [1.165, 1.54) is 0 Å². The highest BCUT2D eigenvalue weighted by atomic mass is 79.9. The van der Waals surface area contributed by atoms with Gasteiger partial charge in [0.15, 0.2) is 0 Å². The fourth-order valence-corrected chi connectivity index (χ4v) is 7.47. The van der Waals surface area contributed by atoms with Crippen LogP contribution in [0.5, 0.6) is 0 Å². The van der Waals surface area contributed by atoms with Gasteiger partial charge >= 0.3 is 0 Å². The largest absolute Gasteiger partial charge is 0.340 e. The lowest BCUT2D eigenvalue weighted by atomic mass is 10.0. The van der Waals surface area contributed by atoms with Crippen LogP contribution in [0.4, 0.5) is 0 Å². The number of halogens is 2. The number of aromatic nitrogens is 2. The Kier molecular flexibility index (Phi) is 7.73. The van der Waals surface area contributed by atoms with Crippen LogP contribution in [-0.2, 0) is 33.3 Å². The molecule has 12 heteroatoms. The molecule has 8 nitrogen and oxygen atoms in total. The van der Waals surface area contributed by atoms with E-state index in [2.05, 4.69) is 77.4 Å². The van der Waals surface area contributed by atoms with Gasteiger partial charge in [0.1, 0.15) is 0 Å². The van der Waals surface area contributed by atoms with Crippen molar-refractivity contribution in [3.8, 4) is 11.1 Å². The molecule has 2 aromatic heterocycles. The molecule has 0 spiro atoms. The first-order valence-corrected chi connectivity index (χ1v) is 18.0. The second kappa shape index (κ2) is 11.1. The molecule has 2 N–H and O–H groups in total. The van der Waals surface area contributed by atoms with Crippen LogP contribution in [0.15, 0.2) is 81.7 Å². The first-order chi connectivity index (χ1) is 19.9. The summed E-state index contributed by atoms with van der Waals surface area (Å²) >= 11 is 7.10. The van der Waals surface area contributed by atoms with E-state index in [1.54, 1.807) is 0 Å². The van der Waals surface area contributed by atoms with E-state index < -0.39 is 20.2 Å². The third-order valence-electron chi connectivity index (χ3n) is 7.56. The Labute approximate surface area is 259 Å². The number of aryl methyl sites for hydroxylation is 2. The van der Waals surface area contributed by atoms with E-state index in [-0.39, 0.29) is 24.3 Å². The summed E-state index contributed by atoms with van der Waals surface area (Å²) in [6.07, 6.45) is 0.527. The average Bonchev–Trinajstić information content (AvgIpc) is 3.38. The smallest absolute Gasteiger partial charge is 0.264 e. The first-order valence-electron chi connectivity index (χ1n) is 13.2. The molecule has 0 aliphatic carbocycles. The molecule has 0 aliphatic rings. The van der Waals surface area contributed by atoms with Crippen molar-refractivity contribution in [2.45, 2.75) is 25.9 Å². The molecule has 4 aromatic carbocycles. The predicted octanol–water partition coefficient (Wildman–Crippen LogP) is 7.65. The van der Waals surface area contributed by atoms with Crippen molar-refractivity contribution in [2.75, 3.05) is 11.5 Å². The van der Waals surface area contributed by atoms with Gasteiger partial charge in [0, 0.05) is 54.6 Å². The molecule has 0 radical (unpaired) electrons. The lowest BCUT2D eigenvalue weighted by molar-refractivity contribution is 0.477. The van der Waals surface area contributed by atoms with E-state index in [0.717, 1.165) is 63.7 Å². The number of hydrogen-bond donors (Lipinski definition) is 2. The van der Waals surface area contributed by atoms with Crippen LogP contribution in [0, 0.1) is 0 Å². The zero-order valence-corrected chi connectivity index (χ0v) is 27.0. The summed E-state index contributed by atoms with van der Waals surface area (Å²) in [4.78, 5) is 0. The van der Waals surface area contributed by atoms with E-state index >= 15 is 0 Å². The molecule has 218 valence electrons. The highest BCUT2D eigenvalue weighted by Crippen LogP contribution is 2.37. The van der Waals surface area contributed by atoms with Crippen molar-refractivity contribution in [1.29, 1.82) is 0 Å². The minimum absolute atomic E-state index is 0.264. The van der Waals surface area contributed by atoms with Gasteiger partial charge < -0.3 is 9.13 Å². The predicted molar refractivity (Wildman–Crippen MR) is 175 cm³/mol. The van der Waals surface area contributed by atoms with E-state index in [9.17, 15) is 25.9 Å². The van der Waals surface area contributed by atoms with Gasteiger partial charge in [0.25, 0.3) is 20.2 Å². The maximum Gasteiger partial charge on any atom is 0.264 e. The van der Waals surface area contributed by atoms with Crippen molar-refractivity contribution >= 4 is 95.7 Å². The minimum atomic E-state index is -4.07. The normalized spacial score (nSPS) is 12.8. The fourth-order valence-electron chi connectivity index (χ4n) is 5.79. The molecule has 6 rings (SSSR count). The molecule has 2 heterocycles. The molecule has 0 fully saturated rings. The Hall–Kier alpha value is -2.74. The quantitative estimate of drug-likeness (QED) is 0.148. The monoisotopic (exact) mass is 732 g/mol. The van der Waals surface area contributed by atoms with Crippen molar-refractivity contribution in [1.82, 2.24) is 9.13 Å². The number of benzene rings is 4. The van der Waals surface area contributed by atoms with Gasteiger partial charge in [-0.15, -0.1) is 0 Å². The van der Waals surface area contributed by atoms with Gasteiger partial charge in [-0.05, 0) is 60.4 Å². The molecule has 0 aliphatic heterocycles. The van der Waals surface area contributed by atoms with Crippen LogP contribution in [-0.4, -0.2) is 46.6 Å². The van der Waals surface area contributed by atoms with Crippen LogP contribution < -0.4 is 0 Å². The van der Waals surface area contributed by atoms with Gasteiger partial charge in [0.2, 0.25) is 0 Å². The molecule has 0 unspecified atom stereocenters. The minimum Gasteiger partial charge on any atom is -0.340 e. The van der Waals surface area contributed by atoms with Crippen molar-refractivity contribution in [3.63, 3.8) is 0 Å². The summed E-state index contributed by atoms with van der Waals surface area (Å²) in [5, 5.41) is 4.18. The maximum absolute atomic E-state index is 11.4. The Morgan fingerprint density at radius 2 is 0.857 bits per heavy atom. The number of nitrogens with zero attached hydrogens (tertiary/aromatic N) is 2. The van der Waals surface area contributed by atoms with Crippen LogP contribution in [0.2, 0.25) is 0 Å². The third-order valence-corrected chi connectivity index (χ3v) is 10.2. The molecule has 0 amide bonds. The van der Waals surface area contributed by atoms with Crippen LogP contribution in [0.1, 0.15) is 12.8 Å². The molecule has 6 aromatic rings. The van der Waals surface area contributed by atoms with Gasteiger partial charge in [-0.3, -0.25) is 9.11 Å². The first kappa shape index (κ1) is 29.3. The number of rotatable bonds is 9. The molecule has 0 atom stereocenters. The van der Waals surface area contributed by atoms with E-state index in [4.69, 9.17) is 0 Å². The molecule has 42 heavy (non-hydrogen) atoms. The fraction of sp³-hybridized carbons (Fsp3) is 0.200. The molecular formula is C30H26Br2N2O6S2. The zero-order valence-electron chi connectivity index (χ0n) is 22.2. The van der Waals surface area contributed by atoms with Crippen LogP contribution in [0.3, 0.4) is 0 Å². The maximum atomic E-state index is 11.4. The Bertz CT molecular complexity index is 2080. The lowest BCUT2D eigenvalue weighted by Gasteiger charge is -2.10. The summed E-state index contributed by atoms with van der Waals surface area (Å²) in [5.74, 6) is -0.645. The van der Waals surface area contributed by atoms with Gasteiger partial charge in [-0.2, -0.15) is 16.8 Å². The Balaban J connectivity index is 1.49. The second-order valence-corrected chi connectivity index (χ2v) is 15.3. The topological polar surface area (TPSA) is 119 Å². The second-order valence-electron chi connectivity index (χ2n) is 10.4. The highest BCUT2D eigenvalue weighted by Gasteiger charge is 2.16. The summed E-state index contributed by atoms with van der Waals surface area (Å²) in [5.41, 5.74) is 5.78. The van der Waals surface area contributed by atoms with Gasteiger partial charge in [-0.25, -0.2) is 0 Å². The molecular weight excluding hydrogens is 708 g/mol. The SMILES string of the molecule is O=S(=O)(O)CCCn1c2cc(Br)ccc2c2ccc(-c3ccc4c5ccc(Br)cc5n(CCCS(=O)(=O)O)c4c3)cc21. The Morgan fingerprint density at radius 3 is 1.21 bits per heavy atom. The third kappa shape index (κ3) is 5.88. The van der Waals surface area contributed by atoms with Crippen molar-refractivity contribution < 1.29 is 25.9 Å². The van der Waals surface area contributed by atoms with Gasteiger partial charge in [0.05, 0.1) is 22.5 Å². The summed E-state index contributed by atoms with van der Waals surface area (Å²) < 4.78 is 70.2. The van der Waals surface area contributed by atoms with Crippen LogP contribution >= 0.6 is 31.9 Å². The summed E-state index contributed by atoms with van der Waals surface area (Å²) in [6.45, 7) is 0.825. The van der Waals surface area contributed by atoms with E-state index in [1.807, 2.05) is 36.4 Å². The average molecular weight is 734 g/mol. The van der Waals surface area contributed by atoms with Gasteiger partial charge in [-0.1, -0.05) is 68.3 Å². The molecule has 0 saturated carbocycles. The zero-order chi connectivity index (χ0) is 29.8. The summed E-state index contributed by atoms with van der Waals surface area (Å²) in [7, 11) is -8.14. The molecule has 0 saturated heterocycles. The highest BCUT2D eigenvalue weighted by molar-refractivity contribution is 9.10. The lowest BCUT2D eigenvalue weighted by Crippen LogP contribution is -2.08. The Morgan fingerprint density at radius 1 is 0.524 bits per heavy atom. The summed E-state index contributed by atoms with van der Waals surface area (Å²) in [6, 6.07) is 24.5. The number of hydrogen-bond acceptors (Lipinski definition) is 4. The number of fused-ring (bicyclic) bond motifs is 6.